The van der Waals surface area contributed by atoms with Crippen molar-refractivity contribution in [2.75, 3.05) is 12.3 Å². The van der Waals surface area contributed by atoms with Crippen molar-refractivity contribution >= 4 is 9.84 Å². The fraction of sp³-hybridized carbons (Fsp3) is 0.647. The van der Waals surface area contributed by atoms with Crippen molar-refractivity contribution in [2.45, 2.75) is 51.8 Å². The highest BCUT2D eigenvalue weighted by Crippen LogP contribution is 2.26. The molecule has 0 aromatic heterocycles. The molecule has 2 unspecified atom stereocenters. The number of benzene rings is 1. The predicted octanol–water partition coefficient (Wildman–Crippen LogP) is 3.58. The predicted molar refractivity (Wildman–Crippen MR) is 90.2 cm³/mol. The van der Waals surface area contributed by atoms with Crippen LogP contribution >= 0.6 is 0 Å². The Balaban J connectivity index is 3.09. The lowest BCUT2D eigenvalue weighted by atomic mass is 10.0. The summed E-state index contributed by atoms with van der Waals surface area (Å²) in [5.41, 5.74) is 1.06. The van der Waals surface area contributed by atoms with Crippen LogP contribution in [0.5, 0.6) is 0 Å². The molecule has 0 saturated carbocycles. The van der Waals surface area contributed by atoms with E-state index in [-0.39, 0.29) is 23.0 Å². The fourth-order valence-electron chi connectivity index (χ4n) is 2.71. The molecule has 2 atom stereocenters. The summed E-state index contributed by atoms with van der Waals surface area (Å²) >= 11 is 0. The van der Waals surface area contributed by atoms with E-state index in [1.807, 2.05) is 51.1 Å². The SMILES string of the molecule is CCCNC(c1ccccc1)C(CC)S(=O)(=O)CC(C)C. The van der Waals surface area contributed by atoms with Crippen molar-refractivity contribution in [3.63, 3.8) is 0 Å². The minimum absolute atomic E-state index is 0.125. The molecule has 0 aliphatic heterocycles. The number of hydrogen-bond acceptors (Lipinski definition) is 3. The van der Waals surface area contributed by atoms with Gasteiger partial charge in [0.05, 0.1) is 11.0 Å². The van der Waals surface area contributed by atoms with Crippen LogP contribution in [0.3, 0.4) is 0 Å². The Morgan fingerprint density at radius 3 is 2.19 bits per heavy atom. The van der Waals surface area contributed by atoms with Crippen LogP contribution in [0.1, 0.15) is 52.1 Å². The van der Waals surface area contributed by atoms with Gasteiger partial charge in [-0.3, -0.25) is 0 Å². The van der Waals surface area contributed by atoms with E-state index in [9.17, 15) is 8.42 Å². The molecule has 0 saturated heterocycles. The van der Waals surface area contributed by atoms with Gasteiger partial charge in [-0.15, -0.1) is 0 Å². The molecule has 0 aliphatic carbocycles. The quantitative estimate of drug-likeness (QED) is 0.758. The second-order valence-electron chi connectivity index (χ2n) is 6.01. The lowest BCUT2D eigenvalue weighted by Crippen LogP contribution is -2.39. The molecule has 0 fully saturated rings. The fourth-order valence-corrected chi connectivity index (χ4v) is 5.06. The molecular weight excluding hydrogens is 282 g/mol. The van der Waals surface area contributed by atoms with Crippen molar-refractivity contribution < 1.29 is 8.42 Å². The molecule has 0 amide bonds. The molecule has 120 valence electrons. The second kappa shape index (κ2) is 8.54. The standard InChI is InChI=1S/C17H29NO2S/c1-5-12-18-17(15-10-8-7-9-11-15)16(6-2)21(19,20)13-14(3)4/h7-11,14,16-18H,5-6,12-13H2,1-4H3. The van der Waals surface area contributed by atoms with E-state index in [2.05, 4.69) is 12.2 Å². The molecule has 4 heteroatoms. The highest BCUT2D eigenvalue weighted by atomic mass is 32.2. The number of sulfone groups is 1. The van der Waals surface area contributed by atoms with Crippen LogP contribution in [-0.4, -0.2) is 26.0 Å². The van der Waals surface area contributed by atoms with Crippen molar-refractivity contribution in [1.82, 2.24) is 5.32 Å². The number of rotatable bonds is 9. The zero-order chi connectivity index (χ0) is 15.9. The van der Waals surface area contributed by atoms with E-state index in [0.29, 0.717) is 6.42 Å². The first-order valence-corrected chi connectivity index (χ1v) is 9.63. The maximum atomic E-state index is 12.7. The topological polar surface area (TPSA) is 46.2 Å². The lowest BCUT2D eigenvalue weighted by Gasteiger charge is -2.28. The van der Waals surface area contributed by atoms with E-state index in [1.165, 1.54) is 0 Å². The Morgan fingerprint density at radius 1 is 1.10 bits per heavy atom. The van der Waals surface area contributed by atoms with Crippen LogP contribution in [0.2, 0.25) is 0 Å². The molecule has 0 aliphatic rings. The van der Waals surface area contributed by atoms with E-state index in [4.69, 9.17) is 0 Å². The summed E-state index contributed by atoms with van der Waals surface area (Å²) < 4.78 is 25.4. The largest absolute Gasteiger partial charge is 0.309 e. The van der Waals surface area contributed by atoms with Gasteiger partial charge in [-0.25, -0.2) is 8.42 Å². The van der Waals surface area contributed by atoms with Crippen molar-refractivity contribution in [3.8, 4) is 0 Å². The summed E-state index contributed by atoms with van der Waals surface area (Å²) in [6, 6.07) is 9.81. The molecule has 0 radical (unpaired) electrons. The molecule has 0 heterocycles. The van der Waals surface area contributed by atoms with Crippen LogP contribution in [0, 0.1) is 5.92 Å². The minimum Gasteiger partial charge on any atom is -0.309 e. The molecule has 1 aromatic carbocycles. The average molecular weight is 311 g/mol. The molecule has 0 spiro atoms. The van der Waals surface area contributed by atoms with Crippen LogP contribution in [0.25, 0.3) is 0 Å². The van der Waals surface area contributed by atoms with Crippen LogP contribution in [0.4, 0.5) is 0 Å². The van der Waals surface area contributed by atoms with E-state index >= 15 is 0 Å². The average Bonchev–Trinajstić information content (AvgIpc) is 2.42. The van der Waals surface area contributed by atoms with Crippen LogP contribution in [-0.2, 0) is 9.84 Å². The van der Waals surface area contributed by atoms with Gasteiger partial charge in [0.1, 0.15) is 0 Å². The van der Waals surface area contributed by atoms with Crippen molar-refractivity contribution in [2.24, 2.45) is 5.92 Å². The summed E-state index contributed by atoms with van der Waals surface area (Å²) in [4.78, 5) is 0. The molecule has 1 rings (SSSR count). The van der Waals surface area contributed by atoms with Gasteiger partial charge in [-0.1, -0.05) is 58.0 Å². The Kier molecular flexibility index (Phi) is 7.40. The van der Waals surface area contributed by atoms with Crippen LogP contribution < -0.4 is 5.32 Å². The first-order chi connectivity index (χ1) is 9.92. The minimum atomic E-state index is -3.11. The van der Waals surface area contributed by atoms with Gasteiger partial charge in [-0.2, -0.15) is 0 Å². The van der Waals surface area contributed by atoms with E-state index < -0.39 is 9.84 Å². The maximum Gasteiger partial charge on any atom is 0.155 e. The summed E-state index contributed by atoms with van der Waals surface area (Å²) in [6.07, 6.45) is 1.62. The van der Waals surface area contributed by atoms with E-state index in [0.717, 1.165) is 18.5 Å². The first-order valence-electron chi connectivity index (χ1n) is 7.92. The van der Waals surface area contributed by atoms with Crippen molar-refractivity contribution in [1.29, 1.82) is 0 Å². The number of hydrogen-bond donors (Lipinski definition) is 1. The normalized spacial score (nSPS) is 15.1. The van der Waals surface area contributed by atoms with Gasteiger partial charge in [0, 0.05) is 6.04 Å². The van der Waals surface area contributed by atoms with E-state index in [1.54, 1.807) is 0 Å². The molecule has 21 heavy (non-hydrogen) atoms. The Labute approximate surface area is 130 Å². The molecule has 1 aromatic rings. The molecular formula is C17H29NO2S. The Hall–Kier alpha value is -0.870. The summed E-state index contributed by atoms with van der Waals surface area (Å²) in [5, 5.41) is 3.07. The lowest BCUT2D eigenvalue weighted by molar-refractivity contribution is 0.473. The third kappa shape index (κ3) is 5.44. The molecule has 0 bridgehead atoms. The molecule has 3 nitrogen and oxygen atoms in total. The maximum absolute atomic E-state index is 12.7. The second-order valence-corrected chi connectivity index (χ2v) is 8.28. The van der Waals surface area contributed by atoms with Gasteiger partial charge < -0.3 is 5.32 Å². The van der Waals surface area contributed by atoms with Gasteiger partial charge in [0.25, 0.3) is 0 Å². The number of nitrogens with one attached hydrogen (secondary N) is 1. The third-order valence-electron chi connectivity index (χ3n) is 3.57. The van der Waals surface area contributed by atoms with Gasteiger partial charge >= 0.3 is 0 Å². The summed E-state index contributed by atoms with van der Waals surface area (Å²) in [7, 11) is -3.11. The zero-order valence-corrected chi connectivity index (χ0v) is 14.5. The Morgan fingerprint density at radius 2 is 1.71 bits per heavy atom. The van der Waals surface area contributed by atoms with Crippen LogP contribution in [0.15, 0.2) is 30.3 Å². The monoisotopic (exact) mass is 311 g/mol. The van der Waals surface area contributed by atoms with Gasteiger partial charge in [0.15, 0.2) is 9.84 Å². The van der Waals surface area contributed by atoms with Gasteiger partial charge in [-0.05, 0) is 30.9 Å². The highest BCUT2D eigenvalue weighted by molar-refractivity contribution is 7.92. The molecule has 1 N–H and O–H groups in total. The van der Waals surface area contributed by atoms with Gasteiger partial charge in [0.2, 0.25) is 0 Å². The van der Waals surface area contributed by atoms with Crippen molar-refractivity contribution in [3.05, 3.63) is 35.9 Å². The Bertz CT molecular complexity index is 497. The summed E-state index contributed by atoms with van der Waals surface area (Å²) in [5.74, 6) is 0.412. The zero-order valence-electron chi connectivity index (χ0n) is 13.7. The summed E-state index contributed by atoms with van der Waals surface area (Å²) in [6.45, 7) is 8.81. The smallest absolute Gasteiger partial charge is 0.155 e. The first kappa shape index (κ1) is 18.2. The highest BCUT2D eigenvalue weighted by Gasteiger charge is 2.32. The third-order valence-corrected chi connectivity index (χ3v) is 6.23.